The van der Waals surface area contributed by atoms with Crippen molar-refractivity contribution in [3.05, 3.63) is 22.6 Å². The Balaban J connectivity index is 0.00000110. The minimum atomic E-state index is 0. The van der Waals surface area contributed by atoms with Gasteiger partial charge in [-0.3, -0.25) is 4.90 Å². The average Bonchev–Trinajstić information content (AvgIpc) is 2.88. The van der Waals surface area contributed by atoms with Gasteiger partial charge in [0.1, 0.15) is 5.76 Å². The van der Waals surface area contributed by atoms with Gasteiger partial charge in [0.2, 0.25) is 0 Å². The molecule has 2 aliphatic rings. The summed E-state index contributed by atoms with van der Waals surface area (Å²) >= 11 is 3.45. The molecule has 0 unspecified atom stereocenters. The summed E-state index contributed by atoms with van der Waals surface area (Å²) in [7, 11) is 0. The Morgan fingerprint density at radius 1 is 1.10 bits per heavy atom. The third-order valence-corrected chi connectivity index (χ3v) is 4.95. The van der Waals surface area contributed by atoms with E-state index in [0.717, 1.165) is 42.5 Å². The van der Waals surface area contributed by atoms with Crippen LogP contribution >= 0.6 is 40.7 Å². The third-order valence-electron chi connectivity index (χ3n) is 4.53. The van der Waals surface area contributed by atoms with E-state index >= 15 is 0 Å². The second-order valence-corrected chi connectivity index (χ2v) is 6.55. The number of nitrogens with one attached hydrogen (secondary N) is 1. The van der Waals surface area contributed by atoms with Crippen LogP contribution in [0.2, 0.25) is 0 Å². The van der Waals surface area contributed by atoms with E-state index in [2.05, 4.69) is 32.2 Å². The molecule has 0 amide bonds. The van der Waals surface area contributed by atoms with Gasteiger partial charge in [-0.1, -0.05) is 19.3 Å². The van der Waals surface area contributed by atoms with E-state index in [1.165, 1.54) is 32.1 Å². The second kappa shape index (κ2) is 9.41. The highest BCUT2D eigenvalue weighted by Gasteiger charge is 2.32. The number of rotatable bonds is 3. The summed E-state index contributed by atoms with van der Waals surface area (Å²) < 4.78 is 6.77. The number of hydrogen-bond donors (Lipinski definition) is 1. The van der Waals surface area contributed by atoms with Crippen LogP contribution in [0.25, 0.3) is 0 Å². The van der Waals surface area contributed by atoms with E-state index in [0.29, 0.717) is 6.04 Å². The van der Waals surface area contributed by atoms with Gasteiger partial charge < -0.3 is 9.73 Å². The van der Waals surface area contributed by atoms with Gasteiger partial charge >= 0.3 is 0 Å². The van der Waals surface area contributed by atoms with Crippen LogP contribution in [0, 0.1) is 5.92 Å². The van der Waals surface area contributed by atoms with Gasteiger partial charge in [-0.25, -0.2) is 0 Å². The smallest absolute Gasteiger partial charge is 0.169 e. The molecule has 0 bridgehead atoms. The second-order valence-electron chi connectivity index (χ2n) is 5.77. The first kappa shape index (κ1) is 19.3. The van der Waals surface area contributed by atoms with Crippen molar-refractivity contribution < 1.29 is 4.42 Å². The van der Waals surface area contributed by atoms with E-state index in [4.69, 9.17) is 4.42 Å². The minimum absolute atomic E-state index is 0. The molecule has 1 atom stereocenters. The molecule has 1 saturated heterocycles. The molecule has 0 spiro atoms. The quantitative estimate of drug-likeness (QED) is 0.815. The highest BCUT2D eigenvalue weighted by atomic mass is 79.9. The summed E-state index contributed by atoms with van der Waals surface area (Å²) in [4.78, 5) is 2.62. The Bertz CT molecular complexity index is 386. The molecule has 3 nitrogen and oxygen atoms in total. The Hall–Kier alpha value is 0.260. The summed E-state index contributed by atoms with van der Waals surface area (Å²) in [5, 5.41) is 3.45. The van der Waals surface area contributed by atoms with Crippen LogP contribution in [0.1, 0.15) is 43.9 Å². The summed E-state index contributed by atoms with van der Waals surface area (Å²) in [6.45, 7) is 4.48. The van der Waals surface area contributed by atoms with Crippen molar-refractivity contribution in [1.82, 2.24) is 10.2 Å². The molecule has 2 fully saturated rings. The Labute approximate surface area is 148 Å². The fraction of sp³-hybridized carbons (Fsp3) is 0.733. The van der Waals surface area contributed by atoms with Crippen LogP contribution in [-0.2, 0) is 0 Å². The molecule has 1 aliphatic carbocycles. The zero-order valence-electron chi connectivity index (χ0n) is 12.2. The zero-order chi connectivity index (χ0) is 13.1. The van der Waals surface area contributed by atoms with Crippen molar-refractivity contribution in [2.24, 2.45) is 5.92 Å². The number of nitrogens with zero attached hydrogens (tertiary/aromatic N) is 1. The number of halogens is 3. The summed E-state index contributed by atoms with van der Waals surface area (Å²) in [5.41, 5.74) is 0. The topological polar surface area (TPSA) is 28.4 Å². The average molecular weight is 400 g/mol. The van der Waals surface area contributed by atoms with Crippen LogP contribution in [0.15, 0.2) is 21.2 Å². The first-order valence-electron chi connectivity index (χ1n) is 7.54. The molecular weight excluding hydrogens is 375 g/mol. The molecule has 1 N–H and O–H groups in total. The molecule has 1 aromatic rings. The summed E-state index contributed by atoms with van der Waals surface area (Å²) in [6.07, 6.45) is 6.89. The first-order chi connectivity index (χ1) is 9.34. The van der Waals surface area contributed by atoms with Gasteiger partial charge in [-0.15, -0.1) is 24.8 Å². The van der Waals surface area contributed by atoms with Crippen LogP contribution in [0.3, 0.4) is 0 Å². The normalized spacial score (nSPS) is 22.1. The molecule has 1 aliphatic heterocycles. The van der Waals surface area contributed by atoms with Gasteiger partial charge in [0, 0.05) is 26.2 Å². The molecule has 3 rings (SSSR count). The van der Waals surface area contributed by atoms with Crippen LogP contribution in [-0.4, -0.2) is 31.1 Å². The standard InChI is InChI=1S/C15H23BrN2O.2ClH/c16-14-7-6-13(19-14)15(12-4-2-1-3-5-12)18-10-8-17-9-11-18;;/h6-7,12,15,17H,1-5,8-11H2;2*1H/t15-;;/m1../s1. The fourth-order valence-corrected chi connectivity index (χ4v) is 3.93. The van der Waals surface area contributed by atoms with E-state index < -0.39 is 0 Å². The molecule has 1 saturated carbocycles. The Kier molecular flexibility index (Phi) is 8.65. The molecule has 6 heteroatoms. The maximum Gasteiger partial charge on any atom is 0.169 e. The molecule has 0 radical (unpaired) electrons. The highest BCUT2D eigenvalue weighted by molar-refractivity contribution is 9.10. The Morgan fingerprint density at radius 2 is 1.76 bits per heavy atom. The van der Waals surface area contributed by atoms with Gasteiger partial charge in [0.15, 0.2) is 4.67 Å². The minimum Gasteiger partial charge on any atom is -0.453 e. The molecule has 0 aromatic carbocycles. The largest absolute Gasteiger partial charge is 0.453 e. The molecule has 21 heavy (non-hydrogen) atoms. The lowest BCUT2D eigenvalue weighted by molar-refractivity contribution is 0.0863. The van der Waals surface area contributed by atoms with E-state index in [1.54, 1.807) is 0 Å². The summed E-state index contributed by atoms with van der Waals surface area (Å²) in [5.74, 6) is 1.92. The SMILES string of the molecule is Brc1ccc([C@@H](C2CCCCC2)N2CCNCC2)o1.Cl.Cl. The van der Waals surface area contributed by atoms with Crippen LogP contribution in [0.5, 0.6) is 0 Å². The molecule has 122 valence electrons. The number of hydrogen-bond acceptors (Lipinski definition) is 3. The fourth-order valence-electron chi connectivity index (χ4n) is 3.61. The lowest BCUT2D eigenvalue weighted by Gasteiger charge is -2.39. The predicted molar refractivity (Wildman–Crippen MR) is 94.7 cm³/mol. The monoisotopic (exact) mass is 398 g/mol. The van der Waals surface area contributed by atoms with E-state index in [1.807, 2.05) is 6.07 Å². The van der Waals surface area contributed by atoms with Gasteiger partial charge in [0.05, 0.1) is 6.04 Å². The number of piperazine rings is 1. The summed E-state index contributed by atoms with van der Waals surface area (Å²) in [6, 6.07) is 4.67. The zero-order valence-corrected chi connectivity index (χ0v) is 15.4. The highest BCUT2D eigenvalue weighted by Crippen LogP contribution is 2.39. The maximum atomic E-state index is 5.91. The first-order valence-corrected chi connectivity index (χ1v) is 8.34. The van der Waals surface area contributed by atoms with Crippen LogP contribution in [0.4, 0.5) is 0 Å². The Morgan fingerprint density at radius 3 is 2.33 bits per heavy atom. The maximum absolute atomic E-state index is 5.91. The van der Waals surface area contributed by atoms with Gasteiger partial charge in [-0.05, 0) is 46.8 Å². The van der Waals surface area contributed by atoms with Crippen molar-refractivity contribution in [3.8, 4) is 0 Å². The van der Waals surface area contributed by atoms with Crippen molar-refractivity contribution >= 4 is 40.7 Å². The third kappa shape index (κ3) is 4.87. The molecule has 2 heterocycles. The van der Waals surface area contributed by atoms with Crippen LogP contribution < -0.4 is 5.32 Å². The lowest BCUT2D eigenvalue weighted by Crippen LogP contribution is -2.47. The predicted octanol–water partition coefficient (Wildman–Crippen LogP) is 4.41. The van der Waals surface area contributed by atoms with Crippen molar-refractivity contribution in [2.75, 3.05) is 26.2 Å². The van der Waals surface area contributed by atoms with Crippen molar-refractivity contribution in [2.45, 2.75) is 38.1 Å². The molecular formula is C15H25BrCl2N2O. The lowest BCUT2D eigenvalue weighted by atomic mass is 9.82. The van der Waals surface area contributed by atoms with Crippen molar-refractivity contribution in [1.29, 1.82) is 0 Å². The van der Waals surface area contributed by atoms with E-state index in [9.17, 15) is 0 Å². The molecule has 1 aromatic heterocycles. The van der Waals surface area contributed by atoms with Gasteiger partial charge in [-0.2, -0.15) is 0 Å². The van der Waals surface area contributed by atoms with E-state index in [-0.39, 0.29) is 24.8 Å². The van der Waals surface area contributed by atoms with Crippen molar-refractivity contribution in [3.63, 3.8) is 0 Å². The van der Waals surface area contributed by atoms with Gasteiger partial charge in [0.25, 0.3) is 0 Å². The number of furan rings is 1.